The van der Waals surface area contributed by atoms with Crippen LogP contribution in [0.25, 0.3) is 0 Å². The van der Waals surface area contributed by atoms with Gasteiger partial charge in [-0.1, -0.05) is 13.8 Å². The Hall–Kier alpha value is -2.48. The summed E-state index contributed by atoms with van der Waals surface area (Å²) in [7, 11) is 3.32. The van der Waals surface area contributed by atoms with Crippen LogP contribution in [-0.4, -0.2) is 73.5 Å². The monoisotopic (exact) mass is 460 g/mol. The third kappa shape index (κ3) is 4.76. The molecule has 4 atom stereocenters. The molecule has 4 rings (SSSR count). The Morgan fingerprint density at radius 2 is 1.85 bits per heavy atom. The molecule has 1 N–H and O–H groups in total. The molecule has 1 amide bonds. The minimum Gasteiger partial charge on any atom is -0.493 e. The van der Waals surface area contributed by atoms with E-state index in [1.54, 1.807) is 14.2 Å². The van der Waals surface area contributed by atoms with Gasteiger partial charge in [0.25, 0.3) is 0 Å². The number of ether oxygens (including phenoxy) is 3. The average Bonchev–Trinajstić information content (AvgIpc) is 2.74. The number of hydrogen-bond donors (Lipinski definition) is 1. The maximum absolute atomic E-state index is 12.5. The number of carboxylic acid groups (broad SMARTS) is 1. The lowest BCUT2D eigenvalue weighted by atomic mass is 9.74. The van der Waals surface area contributed by atoms with Gasteiger partial charge in [0.15, 0.2) is 11.5 Å². The topological polar surface area (TPSA) is 88.5 Å². The zero-order valence-corrected chi connectivity index (χ0v) is 20.1. The highest BCUT2D eigenvalue weighted by Gasteiger charge is 2.42. The molecule has 1 unspecified atom stereocenters. The van der Waals surface area contributed by atoms with Crippen LogP contribution in [0.5, 0.6) is 11.5 Å². The Labute approximate surface area is 195 Å². The number of hydrogen-bond acceptors (Lipinski definition) is 6. The first-order valence-electron chi connectivity index (χ1n) is 12.0. The molecular weight excluding hydrogens is 424 g/mol. The first-order valence-corrected chi connectivity index (χ1v) is 12.0. The number of likely N-dealkylation sites (tertiary alicyclic amines) is 1. The summed E-state index contributed by atoms with van der Waals surface area (Å²) in [6.45, 7) is 7.21. The van der Waals surface area contributed by atoms with E-state index in [-0.39, 0.29) is 12.0 Å². The summed E-state index contributed by atoms with van der Waals surface area (Å²) in [5, 5.41) is 9.24. The van der Waals surface area contributed by atoms with Crippen LogP contribution in [0, 0.1) is 17.8 Å². The number of carboxylic acids is 1. The first-order chi connectivity index (χ1) is 15.8. The molecule has 0 saturated carbocycles. The van der Waals surface area contributed by atoms with Crippen molar-refractivity contribution in [3.05, 3.63) is 23.3 Å². The van der Waals surface area contributed by atoms with Crippen LogP contribution in [0.15, 0.2) is 12.1 Å². The number of carbonyl (C=O) groups excluding carboxylic acids is 1. The van der Waals surface area contributed by atoms with Crippen molar-refractivity contribution in [1.82, 2.24) is 9.80 Å². The van der Waals surface area contributed by atoms with E-state index in [0.717, 1.165) is 43.9 Å². The van der Waals surface area contributed by atoms with E-state index in [0.29, 0.717) is 31.4 Å². The van der Waals surface area contributed by atoms with Gasteiger partial charge >= 0.3 is 12.1 Å². The molecule has 33 heavy (non-hydrogen) atoms. The zero-order chi connectivity index (χ0) is 23.7. The highest BCUT2D eigenvalue weighted by molar-refractivity contribution is 5.81. The van der Waals surface area contributed by atoms with Crippen molar-refractivity contribution in [3.63, 3.8) is 0 Å². The summed E-state index contributed by atoms with van der Waals surface area (Å²) in [6, 6.07) is 3.69. The molecule has 182 valence electrons. The molecule has 2 fully saturated rings. The molecule has 0 bridgehead atoms. The van der Waals surface area contributed by atoms with Gasteiger partial charge < -0.3 is 19.3 Å². The molecule has 0 radical (unpaired) electrons. The summed E-state index contributed by atoms with van der Waals surface area (Å²) in [5.41, 5.74) is 2.56. The largest absolute Gasteiger partial charge is 0.493 e. The zero-order valence-electron chi connectivity index (χ0n) is 20.1. The Morgan fingerprint density at radius 3 is 2.45 bits per heavy atom. The summed E-state index contributed by atoms with van der Waals surface area (Å²) in [6.07, 6.45) is 2.94. The fraction of sp³-hybridized carbons (Fsp3) is 0.680. The molecule has 3 aliphatic heterocycles. The lowest BCUT2D eigenvalue weighted by Gasteiger charge is -2.48. The standard InChI is InChI=1S/C25H36N2O6/c1-15(2)9-17-13-26-7-5-16-11-22(31-3)23(32-4)12-19(16)21(26)10-18(17)14-33-25(30)27-8-6-20(27)24(28)29/h11-12,15,17-18,20-21H,5-10,13-14H2,1-4H3,(H,28,29)/t17-,18+,20?,21-/m1/s1. The molecule has 1 aromatic rings. The predicted molar refractivity (Wildman–Crippen MR) is 123 cm³/mol. The van der Waals surface area contributed by atoms with Crippen molar-refractivity contribution in [2.75, 3.05) is 40.5 Å². The number of benzene rings is 1. The third-order valence-electron chi connectivity index (χ3n) is 7.51. The van der Waals surface area contributed by atoms with Gasteiger partial charge in [-0.2, -0.15) is 0 Å². The number of nitrogens with zero attached hydrogens (tertiary/aromatic N) is 2. The average molecular weight is 461 g/mol. The maximum Gasteiger partial charge on any atom is 0.410 e. The van der Waals surface area contributed by atoms with Gasteiger partial charge in [-0.15, -0.1) is 0 Å². The van der Waals surface area contributed by atoms with E-state index in [2.05, 4.69) is 30.9 Å². The molecule has 1 aromatic carbocycles. The SMILES string of the molecule is COc1cc2c(cc1OC)[C@H]1C[C@@H](COC(=O)N3CCC3C(=O)O)[C@H](CC(C)C)CN1CC2. The van der Waals surface area contributed by atoms with E-state index >= 15 is 0 Å². The van der Waals surface area contributed by atoms with Gasteiger partial charge in [-0.25, -0.2) is 9.59 Å². The number of piperidine rings is 1. The summed E-state index contributed by atoms with van der Waals surface area (Å²) < 4.78 is 16.8. The van der Waals surface area contributed by atoms with Crippen molar-refractivity contribution >= 4 is 12.1 Å². The maximum atomic E-state index is 12.5. The molecule has 0 aromatic heterocycles. The van der Waals surface area contributed by atoms with Crippen LogP contribution in [0.2, 0.25) is 0 Å². The lowest BCUT2D eigenvalue weighted by Crippen LogP contribution is -2.55. The molecular formula is C25H36N2O6. The highest BCUT2D eigenvalue weighted by atomic mass is 16.6. The van der Waals surface area contributed by atoms with Gasteiger partial charge in [0.1, 0.15) is 6.04 Å². The molecule has 0 spiro atoms. The van der Waals surface area contributed by atoms with Crippen molar-refractivity contribution in [2.24, 2.45) is 17.8 Å². The molecule has 0 aliphatic carbocycles. The van der Waals surface area contributed by atoms with Gasteiger partial charge in [0, 0.05) is 25.7 Å². The molecule has 8 heteroatoms. The number of aliphatic carboxylic acids is 1. The summed E-state index contributed by atoms with van der Waals surface area (Å²) >= 11 is 0. The van der Waals surface area contributed by atoms with Gasteiger partial charge in [-0.3, -0.25) is 9.80 Å². The van der Waals surface area contributed by atoms with E-state index < -0.39 is 18.1 Å². The minimum absolute atomic E-state index is 0.223. The van der Waals surface area contributed by atoms with Crippen LogP contribution in [0.3, 0.4) is 0 Å². The van der Waals surface area contributed by atoms with Crippen molar-refractivity contribution in [2.45, 2.75) is 51.6 Å². The predicted octanol–water partition coefficient (Wildman–Crippen LogP) is 3.58. The molecule has 3 aliphatic rings. The first kappa shape index (κ1) is 23.7. The van der Waals surface area contributed by atoms with Crippen molar-refractivity contribution < 1.29 is 28.9 Å². The second-order valence-electron chi connectivity index (χ2n) is 9.97. The smallest absolute Gasteiger partial charge is 0.410 e. The summed E-state index contributed by atoms with van der Waals surface area (Å²) in [4.78, 5) is 27.7. The number of methoxy groups -OCH3 is 2. The van der Waals surface area contributed by atoms with E-state index in [9.17, 15) is 14.7 Å². The van der Waals surface area contributed by atoms with Crippen LogP contribution >= 0.6 is 0 Å². The highest BCUT2D eigenvalue weighted by Crippen LogP contribution is 2.45. The van der Waals surface area contributed by atoms with Gasteiger partial charge in [0.05, 0.1) is 20.8 Å². The van der Waals surface area contributed by atoms with Gasteiger partial charge in [-0.05, 0) is 66.7 Å². The fourth-order valence-electron chi connectivity index (χ4n) is 5.70. The quantitative estimate of drug-likeness (QED) is 0.665. The second kappa shape index (κ2) is 9.79. The number of fused-ring (bicyclic) bond motifs is 3. The van der Waals surface area contributed by atoms with Crippen molar-refractivity contribution in [3.8, 4) is 11.5 Å². The minimum atomic E-state index is -0.965. The number of rotatable bonds is 7. The van der Waals surface area contributed by atoms with Crippen LogP contribution in [0.4, 0.5) is 4.79 Å². The van der Waals surface area contributed by atoms with E-state index in [1.165, 1.54) is 16.0 Å². The van der Waals surface area contributed by atoms with Crippen LogP contribution < -0.4 is 9.47 Å². The molecule has 3 heterocycles. The number of carbonyl (C=O) groups is 2. The van der Waals surface area contributed by atoms with Crippen LogP contribution in [0.1, 0.15) is 50.3 Å². The Morgan fingerprint density at radius 1 is 1.12 bits per heavy atom. The number of amides is 1. The third-order valence-corrected chi connectivity index (χ3v) is 7.51. The molecule has 2 saturated heterocycles. The normalized spacial score (nSPS) is 26.8. The lowest BCUT2D eigenvalue weighted by molar-refractivity contribution is -0.147. The Bertz CT molecular complexity index is 888. The summed E-state index contributed by atoms with van der Waals surface area (Å²) in [5.74, 6) is 1.74. The second-order valence-corrected chi connectivity index (χ2v) is 9.97. The van der Waals surface area contributed by atoms with E-state index in [1.807, 2.05) is 0 Å². The molecule has 8 nitrogen and oxygen atoms in total. The Balaban J connectivity index is 1.51. The van der Waals surface area contributed by atoms with Gasteiger partial charge in [0.2, 0.25) is 0 Å². The Kier molecular flexibility index (Phi) is 7.02. The van der Waals surface area contributed by atoms with Crippen LogP contribution in [-0.2, 0) is 16.0 Å². The fourth-order valence-corrected chi connectivity index (χ4v) is 5.70. The van der Waals surface area contributed by atoms with Crippen molar-refractivity contribution in [1.29, 1.82) is 0 Å². The van der Waals surface area contributed by atoms with E-state index in [4.69, 9.17) is 14.2 Å².